The second-order valence-corrected chi connectivity index (χ2v) is 6.59. The van der Waals surface area contributed by atoms with Crippen molar-refractivity contribution in [3.05, 3.63) is 43.6 Å². The van der Waals surface area contributed by atoms with Crippen LogP contribution in [0.5, 0.6) is 0 Å². The van der Waals surface area contributed by atoms with Crippen LogP contribution < -0.4 is 5.32 Å². The second-order valence-electron chi connectivity index (χ2n) is 3.59. The third kappa shape index (κ3) is 2.87. The van der Waals surface area contributed by atoms with Crippen molar-refractivity contribution in [2.24, 2.45) is 0 Å². The number of thioether (sulfide) groups is 2. The van der Waals surface area contributed by atoms with Crippen LogP contribution in [0, 0.1) is 11.3 Å². The molecule has 1 aliphatic heterocycles. The summed E-state index contributed by atoms with van der Waals surface area (Å²) in [6.45, 7) is 0. The van der Waals surface area contributed by atoms with Crippen molar-refractivity contribution < 1.29 is 4.79 Å². The zero-order chi connectivity index (χ0) is 14.0. The van der Waals surface area contributed by atoms with Crippen molar-refractivity contribution in [1.82, 2.24) is 5.32 Å². The Bertz CT molecular complexity index is 590. The minimum atomic E-state index is -0.397. The molecule has 0 radical (unpaired) electrons. The first-order valence-corrected chi connectivity index (χ1v) is 8.04. The number of benzene rings is 1. The highest BCUT2D eigenvalue weighted by atomic mass is 35.5. The summed E-state index contributed by atoms with van der Waals surface area (Å²) >= 11 is 15.0. The van der Waals surface area contributed by atoms with E-state index in [0.29, 0.717) is 19.8 Å². The maximum Gasteiger partial charge on any atom is 0.264 e. The number of amides is 1. The first-order valence-electron chi connectivity index (χ1n) is 5.18. The molecular formula is C12H8Cl2N2OS2. The Hall–Kier alpha value is -0.800. The second kappa shape index (κ2) is 6.10. The monoisotopic (exact) mass is 330 g/mol. The molecule has 0 fully saturated rings. The van der Waals surface area contributed by atoms with Gasteiger partial charge in [0.1, 0.15) is 17.0 Å². The van der Waals surface area contributed by atoms with E-state index in [9.17, 15) is 4.79 Å². The van der Waals surface area contributed by atoms with E-state index in [4.69, 9.17) is 28.5 Å². The van der Waals surface area contributed by atoms with Gasteiger partial charge in [-0.1, -0.05) is 41.0 Å². The lowest BCUT2D eigenvalue weighted by molar-refractivity contribution is -0.117. The lowest BCUT2D eigenvalue weighted by Gasteiger charge is -2.25. The normalized spacial score (nSPS) is 19.1. The summed E-state index contributed by atoms with van der Waals surface area (Å²) in [7, 11) is 0. The highest BCUT2D eigenvalue weighted by Gasteiger charge is 2.30. The van der Waals surface area contributed by atoms with Crippen LogP contribution in [0.2, 0.25) is 10.0 Å². The van der Waals surface area contributed by atoms with E-state index in [2.05, 4.69) is 5.32 Å². The molecule has 2 rings (SSSR count). The molecule has 98 valence electrons. The Labute approximate surface area is 129 Å². The Morgan fingerprint density at radius 2 is 2.05 bits per heavy atom. The average Bonchev–Trinajstić information content (AvgIpc) is 2.37. The molecule has 1 heterocycles. The number of nitrogens with one attached hydrogen (secondary N) is 1. The van der Waals surface area contributed by atoms with Gasteiger partial charge in [0.2, 0.25) is 0 Å². The zero-order valence-corrected chi connectivity index (χ0v) is 12.9. The van der Waals surface area contributed by atoms with Crippen molar-refractivity contribution in [2.45, 2.75) is 5.37 Å². The molecule has 0 spiro atoms. The molecule has 3 nitrogen and oxygen atoms in total. The van der Waals surface area contributed by atoms with Crippen LogP contribution >= 0.6 is 46.7 Å². The maximum absolute atomic E-state index is 11.9. The van der Waals surface area contributed by atoms with Crippen LogP contribution in [0.15, 0.2) is 28.0 Å². The Kier molecular flexibility index (Phi) is 4.69. The van der Waals surface area contributed by atoms with Gasteiger partial charge >= 0.3 is 0 Å². The van der Waals surface area contributed by atoms with Gasteiger partial charge in [0.05, 0.1) is 4.24 Å². The molecule has 0 aromatic heterocycles. The highest BCUT2D eigenvalue weighted by molar-refractivity contribution is 8.22. The summed E-state index contributed by atoms with van der Waals surface area (Å²) in [6.07, 6.45) is 1.82. The number of rotatable bonds is 2. The van der Waals surface area contributed by atoms with Gasteiger partial charge < -0.3 is 5.32 Å². The third-order valence-electron chi connectivity index (χ3n) is 2.48. The number of nitriles is 1. The minimum Gasteiger partial charge on any atom is -0.335 e. The van der Waals surface area contributed by atoms with E-state index in [-0.39, 0.29) is 10.9 Å². The number of carbonyl (C=O) groups is 1. The lowest BCUT2D eigenvalue weighted by Crippen LogP contribution is -2.31. The molecule has 0 saturated carbocycles. The van der Waals surface area contributed by atoms with Crippen LogP contribution in [0.25, 0.3) is 0 Å². The summed E-state index contributed by atoms with van der Waals surface area (Å²) in [5.74, 6) is -0.397. The SMILES string of the molecule is CSC1=C(C#N)C(=O)N[C@H](c2c(Cl)cccc2Cl)S1. The van der Waals surface area contributed by atoms with Crippen LogP contribution in [0.1, 0.15) is 10.9 Å². The van der Waals surface area contributed by atoms with Gasteiger partial charge in [0.15, 0.2) is 0 Å². The van der Waals surface area contributed by atoms with E-state index in [0.717, 1.165) is 0 Å². The molecule has 1 N–H and O–H groups in total. The predicted octanol–water partition coefficient (Wildman–Crippen LogP) is 3.95. The van der Waals surface area contributed by atoms with Gasteiger partial charge in [0.25, 0.3) is 5.91 Å². The summed E-state index contributed by atoms with van der Waals surface area (Å²) in [5, 5.41) is 12.3. The number of hydrogen-bond acceptors (Lipinski definition) is 4. The topological polar surface area (TPSA) is 52.9 Å². The number of hydrogen-bond donors (Lipinski definition) is 1. The molecule has 7 heteroatoms. The summed E-state index contributed by atoms with van der Waals surface area (Å²) in [5.41, 5.74) is 0.796. The molecule has 0 aliphatic carbocycles. The lowest BCUT2D eigenvalue weighted by atomic mass is 10.2. The fourth-order valence-electron chi connectivity index (χ4n) is 1.62. The van der Waals surface area contributed by atoms with Crippen molar-refractivity contribution in [1.29, 1.82) is 5.26 Å². The molecule has 19 heavy (non-hydrogen) atoms. The largest absolute Gasteiger partial charge is 0.335 e. The highest BCUT2D eigenvalue weighted by Crippen LogP contribution is 2.46. The molecule has 1 aromatic carbocycles. The van der Waals surface area contributed by atoms with Crippen molar-refractivity contribution in [3.63, 3.8) is 0 Å². The average molecular weight is 331 g/mol. The van der Waals surface area contributed by atoms with Crippen LogP contribution in [-0.4, -0.2) is 12.2 Å². The van der Waals surface area contributed by atoms with Gasteiger partial charge in [0, 0.05) is 15.6 Å². The van der Waals surface area contributed by atoms with Gasteiger partial charge in [-0.05, 0) is 18.4 Å². The summed E-state index contributed by atoms with van der Waals surface area (Å²) < 4.78 is 0.673. The van der Waals surface area contributed by atoms with Gasteiger partial charge in [-0.15, -0.1) is 11.8 Å². The fourth-order valence-corrected chi connectivity index (χ4v) is 4.39. The predicted molar refractivity (Wildman–Crippen MR) is 81.1 cm³/mol. The molecule has 1 aliphatic rings. The van der Waals surface area contributed by atoms with E-state index >= 15 is 0 Å². The molecule has 1 amide bonds. The van der Waals surface area contributed by atoms with Crippen molar-refractivity contribution >= 4 is 52.6 Å². The smallest absolute Gasteiger partial charge is 0.264 e. The fraction of sp³-hybridized carbons (Fsp3) is 0.167. The Morgan fingerprint density at radius 3 is 2.58 bits per heavy atom. The molecule has 1 aromatic rings. The maximum atomic E-state index is 11.9. The number of carbonyl (C=O) groups excluding carboxylic acids is 1. The van der Waals surface area contributed by atoms with Crippen LogP contribution in [-0.2, 0) is 4.79 Å². The molecule has 0 bridgehead atoms. The van der Waals surface area contributed by atoms with Crippen LogP contribution in [0.3, 0.4) is 0 Å². The first-order chi connectivity index (χ1) is 9.08. The third-order valence-corrected chi connectivity index (χ3v) is 5.51. The van der Waals surface area contributed by atoms with Crippen molar-refractivity contribution in [2.75, 3.05) is 6.26 Å². The van der Waals surface area contributed by atoms with E-state index < -0.39 is 5.91 Å². The van der Waals surface area contributed by atoms with E-state index in [1.807, 2.05) is 12.3 Å². The van der Waals surface area contributed by atoms with E-state index in [1.54, 1.807) is 18.2 Å². The number of halogens is 2. The molecular weight excluding hydrogens is 323 g/mol. The van der Waals surface area contributed by atoms with Gasteiger partial charge in [-0.2, -0.15) is 5.26 Å². The Morgan fingerprint density at radius 1 is 1.42 bits per heavy atom. The molecule has 0 unspecified atom stereocenters. The Balaban J connectivity index is 2.44. The summed E-state index contributed by atoms with van der Waals surface area (Å²) in [6, 6.07) is 7.10. The summed E-state index contributed by atoms with van der Waals surface area (Å²) in [4.78, 5) is 11.9. The van der Waals surface area contributed by atoms with Crippen molar-refractivity contribution in [3.8, 4) is 6.07 Å². The zero-order valence-electron chi connectivity index (χ0n) is 9.74. The van der Waals surface area contributed by atoms with Gasteiger partial charge in [-0.25, -0.2) is 0 Å². The van der Waals surface area contributed by atoms with Gasteiger partial charge in [-0.3, -0.25) is 4.79 Å². The minimum absolute atomic E-state index is 0.136. The van der Waals surface area contributed by atoms with E-state index in [1.165, 1.54) is 23.5 Å². The molecule has 1 atom stereocenters. The number of nitrogens with zero attached hydrogens (tertiary/aromatic N) is 1. The quantitative estimate of drug-likeness (QED) is 0.891. The van der Waals surface area contributed by atoms with Crippen LogP contribution in [0.4, 0.5) is 0 Å². The first kappa shape index (κ1) is 14.6. The molecule has 0 saturated heterocycles. The standard InChI is InChI=1S/C12H8Cl2N2OS2/c1-18-12-6(5-15)10(17)16-11(19-12)9-7(13)3-2-4-8(9)14/h2-4,11H,1H3,(H,16,17)/t11-/m0/s1.